The number of halogens is 1. The van der Waals surface area contributed by atoms with E-state index in [1.54, 1.807) is 13.8 Å². The van der Waals surface area contributed by atoms with Crippen molar-refractivity contribution in [3.8, 4) is 0 Å². The molecule has 6 nitrogen and oxygen atoms in total. The molecule has 2 heterocycles. The van der Waals surface area contributed by atoms with Crippen LogP contribution in [0.1, 0.15) is 21.6 Å². The molecule has 0 bridgehead atoms. The average Bonchev–Trinajstić information content (AvgIpc) is 2.71. The molecule has 2 N–H and O–H groups in total. The Morgan fingerprint density at radius 1 is 1.42 bits per heavy atom. The summed E-state index contributed by atoms with van der Waals surface area (Å²) in [6, 6.07) is 1.30. The highest BCUT2D eigenvalue weighted by Gasteiger charge is 2.18. The fourth-order valence-electron chi connectivity index (χ4n) is 1.50. The minimum atomic E-state index is -0.712. The summed E-state index contributed by atoms with van der Waals surface area (Å²) in [6.45, 7) is 3.50. The van der Waals surface area contributed by atoms with Crippen LogP contribution in [0.4, 0.5) is 16.1 Å². The van der Waals surface area contributed by atoms with Gasteiger partial charge in [0.2, 0.25) is 5.88 Å². The Hall–Kier alpha value is -2.44. The number of hydrogen-bond acceptors (Lipinski definition) is 5. The van der Waals surface area contributed by atoms with E-state index in [-0.39, 0.29) is 17.3 Å². The maximum absolute atomic E-state index is 13.9. The average molecular weight is 264 g/mol. The maximum Gasteiger partial charge on any atom is 0.261 e. The number of carbonyl (C=O) groups excluding carboxylic acids is 1. The number of aryl methyl sites for hydroxylation is 1. The number of carbonyl (C=O) groups is 1. The summed E-state index contributed by atoms with van der Waals surface area (Å²) in [7, 11) is 1.52. The number of aromatic nitrogens is 2. The van der Waals surface area contributed by atoms with E-state index in [0.717, 1.165) is 0 Å². The van der Waals surface area contributed by atoms with Gasteiger partial charge in [-0.2, -0.15) is 0 Å². The molecule has 0 atom stereocenters. The Morgan fingerprint density at radius 2 is 2.16 bits per heavy atom. The van der Waals surface area contributed by atoms with Crippen molar-refractivity contribution >= 4 is 17.6 Å². The van der Waals surface area contributed by atoms with Gasteiger partial charge in [0.05, 0.1) is 11.3 Å². The molecular formula is C12H13FN4O2. The molecule has 0 aliphatic heterocycles. The van der Waals surface area contributed by atoms with Crippen molar-refractivity contribution in [3.63, 3.8) is 0 Å². The van der Waals surface area contributed by atoms with Crippen LogP contribution >= 0.6 is 0 Å². The smallest absolute Gasteiger partial charge is 0.261 e. The third-order valence-electron chi connectivity index (χ3n) is 2.75. The number of hydrogen-bond donors (Lipinski definition) is 2. The Balaban J connectivity index is 2.28. The number of amides is 1. The monoisotopic (exact) mass is 264 g/mol. The van der Waals surface area contributed by atoms with E-state index in [1.165, 1.54) is 19.3 Å². The molecule has 2 aromatic rings. The van der Waals surface area contributed by atoms with Crippen LogP contribution < -0.4 is 10.6 Å². The maximum atomic E-state index is 13.9. The predicted octanol–water partition coefficient (Wildman–Crippen LogP) is 2.12. The molecule has 0 saturated carbocycles. The normalized spacial score (nSPS) is 10.3. The van der Waals surface area contributed by atoms with E-state index < -0.39 is 11.7 Å². The molecule has 1 amide bonds. The highest BCUT2D eigenvalue weighted by Crippen LogP contribution is 2.20. The summed E-state index contributed by atoms with van der Waals surface area (Å²) in [4.78, 5) is 15.7. The zero-order chi connectivity index (χ0) is 14.0. The third-order valence-corrected chi connectivity index (χ3v) is 2.75. The van der Waals surface area contributed by atoms with Crippen molar-refractivity contribution < 1.29 is 13.7 Å². The number of anilines is 2. The van der Waals surface area contributed by atoms with Gasteiger partial charge in [0, 0.05) is 18.8 Å². The first kappa shape index (κ1) is 13.0. The van der Waals surface area contributed by atoms with E-state index in [1.807, 2.05) is 0 Å². The van der Waals surface area contributed by atoms with Crippen LogP contribution in [0.2, 0.25) is 0 Å². The number of pyridine rings is 1. The van der Waals surface area contributed by atoms with Crippen LogP contribution in [0, 0.1) is 19.7 Å². The fraction of sp³-hybridized carbons (Fsp3) is 0.250. The van der Waals surface area contributed by atoms with Gasteiger partial charge in [0.25, 0.3) is 5.91 Å². The van der Waals surface area contributed by atoms with Crippen molar-refractivity contribution in [3.05, 3.63) is 34.9 Å². The summed E-state index contributed by atoms with van der Waals surface area (Å²) in [5, 5.41) is 8.75. The van der Waals surface area contributed by atoms with Crippen molar-refractivity contribution in [2.24, 2.45) is 0 Å². The Kier molecular flexibility index (Phi) is 3.46. The van der Waals surface area contributed by atoms with Gasteiger partial charge >= 0.3 is 0 Å². The molecular weight excluding hydrogens is 251 g/mol. The highest BCUT2D eigenvalue weighted by molar-refractivity contribution is 6.04. The van der Waals surface area contributed by atoms with E-state index in [2.05, 4.69) is 20.8 Å². The van der Waals surface area contributed by atoms with Crippen LogP contribution in [0.25, 0.3) is 0 Å². The lowest BCUT2D eigenvalue weighted by Crippen LogP contribution is -2.15. The van der Waals surface area contributed by atoms with Crippen LogP contribution in [0.3, 0.4) is 0 Å². The Morgan fingerprint density at radius 3 is 2.74 bits per heavy atom. The van der Waals surface area contributed by atoms with Crippen LogP contribution in [0.5, 0.6) is 0 Å². The standard InChI is InChI=1S/C12H13FN4O2/c1-6-7(2)17-19-12(6)16-11(18)8-4-5-15-10(14-3)9(8)13/h4-5H,1-3H3,(H,14,15)(H,16,18). The summed E-state index contributed by atoms with van der Waals surface area (Å²) in [6.07, 6.45) is 1.35. The lowest BCUT2D eigenvalue weighted by Gasteiger charge is -2.06. The quantitative estimate of drug-likeness (QED) is 0.887. The van der Waals surface area contributed by atoms with Crippen molar-refractivity contribution in [2.45, 2.75) is 13.8 Å². The zero-order valence-electron chi connectivity index (χ0n) is 10.7. The third kappa shape index (κ3) is 2.40. The molecule has 2 aromatic heterocycles. The minimum Gasteiger partial charge on any atom is -0.371 e. The number of nitrogens with one attached hydrogen (secondary N) is 2. The zero-order valence-corrected chi connectivity index (χ0v) is 10.7. The number of nitrogens with zero attached hydrogens (tertiary/aromatic N) is 2. The highest BCUT2D eigenvalue weighted by atomic mass is 19.1. The summed E-state index contributed by atoms with van der Waals surface area (Å²) in [5.41, 5.74) is 1.26. The van der Waals surface area contributed by atoms with Gasteiger partial charge in [0.15, 0.2) is 11.6 Å². The molecule has 0 saturated heterocycles. The molecule has 100 valence electrons. The Bertz CT molecular complexity index is 624. The van der Waals surface area contributed by atoms with E-state index in [0.29, 0.717) is 11.3 Å². The lowest BCUT2D eigenvalue weighted by atomic mass is 10.2. The Labute approximate surface area is 109 Å². The van der Waals surface area contributed by atoms with E-state index in [9.17, 15) is 9.18 Å². The first-order chi connectivity index (χ1) is 9.04. The largest absolute Gasteiger partial charge is 0.371 e. The second-order valence-corrected chi connectivity index (χ2v) is 3.95. The van der Waals surface area contributed by atoms with E-state index >= 15 is 0 Å². The van der Waals surface area contributed by atoms with Gasteiger partial charge in [-0.3, -0.25) is 10.1 Å². The van der Waals surface area contributed by atoms with Crippen molar-refractivity contribution in [2.75, 3.05) is 17.7 Å². The predicted molar refractivity (Wildman–Crippen MR) is 67.7 cm³/mol. The first-order valence-corrected chi connectivity index (χ1v) is 5.61. The number of rotatable bonds is 3. The van der Waals surface area contributed by atoms with Gasteiger partial charge < -0.3 is 9.84 Å². The fourth-order valence-corrected chi connectivity index (χ4v) is 1.50. The molecule has 0 aliphatic carbocycles. The van der Waals surface area contributed by atoms with Gasteiger partial charge in [-0.05, 0) is 19.9 Å². The molecule has 0 unspecified atom stereocenters. The van der Waals surface area contributed by atoms with Crippen molar-refractivity contribution in [1.29, 1.82) is 0 Å². The summed E-state index contributed by atoms with van der Waals surface area (Å²) < 4.78 is 18.8. The van der Waals surface area contributed by atoms with Gasteiger partial charge in [-0.25, -0.2) is 9.37 Å². The topological polar surface area (TPSA) is 80.0 Å². The minimum absolute atomic E-state index is 0.0122. The van der Waals surface area contributed by atoms with Crippen LogP contribution in [-0.2, 0) is 0 Å². The first-order valence-electron chi connectivity index (χ1n) is 5.61. The van der Waals surface area contributed by atoms with E-state index in [4.69, 9.17) is 4.52 Å². The SMILES string of the molecule is CNc1nccc(C(=O)Nc2onc(C)c2C)c1F. The van der Waals surface area contributed by atoms with Crippen LogP contribution in [-0.4, -0.2) is 23.1 Å². The summed E-state index contributed by atoms with van der Waals surface area (Å²) >= 11 is 0. The lowest BCUT2D eigenvalue weighted by molar-refractivity contribution is 0.102. The van der Waals surface area contributed by atoms with Gasteiger partial charge in [-0.15, -0.1) is 0 Å². The van der Waals surface area contributed by atoms with Gasteiger partial charge in [0.1, 0.15) is 0 Å². The molecule has 0 spiro atoms. The molecule has 0 fully saturated rings. The summed E-state index contributed by atoms with van der Waals surface area (Å²) in [5.74, 6) is -1.10. The molecule has 0 aliphatic rings. The molecule has 0 aromatic carbocycles. The van der Waals surface area contributed by atoms with Crippen molar-refractivity contribution in [1.82, 2.24) is 10.1 Å². The molecule has 2 rings (SSSR count). The van der Waals surface area contributed by atoms with Crippen LogP contribution in [0.15, 0.2) is 16.8 Å². The molecule has 7 heteroatoms. The molecule has 19 heavy (non-hydrogen) atoms. The van der Waals surface area contributed by atoms with Gasteiger partial charge in [-0.1, -0.05) is 5.16 Å². The second kappa shape index (κ2) is 5.05. The molecule has 0 radical (unpaired) electrons. The second-order valence-electron chi connectivity index (χ2n) is 3.95.